The van der Waals surface area contributed by atoms with E-state index in [1.807, 2.05) is 6.20 Å². The van der Waals surface area contributed by atoms with Crippen LogP contribution in [0, 0.1) is 0 Å². The van der Waals surface area contributed by atoms with Gasteiger partial charge in [0.05, 0.1) is 5.54 Å². The van der Waals surface area contributed by atoms with Gasteiger partial charge in [-0.1, -0.05) is 12.1 Å². The molecule has 2 heterocycles. The summed E-state index contributed by atoms with van der Waals surface area (Å²) in [6, 6.07) is 8.62. The second kappa shape index (κ2) is 4.74. The molecule has 0 unspecified atom stereocenters. The molecule has 20 heavy (non-hydrogen) atoms. The molecule has 0 saturated carbocycles. The molecule has 2 aromatic rings. The van der Waals surface area contributed by atoms with Crippen molar-refractivity contribution in [3.05, 3.63) is 52.8 Å². The van der Waals surface area contributed by atoms with Crippen molar-refractivity contribution in [2.24, 2.45) is 0 Å². The van der Waals surface area contributed by atoms with Gasteiger partial charge in [-0.25, -0.2) is 0 Å². The van der Waals surface area contributed by atoms with Crippen molar-refractivity contribution >= 4 is 27.2 Å². The van der Waals surface area contributed by atoms with Crippen molar-refractivity contribution in [1.29, 1.82) is 0 Å². The molecule has 0 radical (unpaired) electrons. The Hall–Kier alpha value is -1.61. The van der Waals surface area contributed by atoms with Gasteiger partial charge in [-0.2, -0.15) is 0 Å². The SMILES string of the molecule is CC1=CC(C)(C)Nc2ccc(-c3cncc(Br)c3)cc21. The van der Waals surface area contributed by atoms with Crippen molar-refractivity contribution in [1.82, 2.24) is 4.98 Å². The summed E-state index contributed by atoms with van der Waals surface area (Å²) in [7, 11) is 0. The van der Waals surface area contributed by atoms with Crippen LogP contribution >= 0.6 is 15.9 Å². The van der Waals surface area contributed by atoms with E-state index in [1.165, 1.54) is 22.4 Å². The average Bonchev–Trinajstić information content (AvgIpc) is 2.37. The van der Waals surface area contributed by atoms with Gasteiger partial charge in [0.1, 0.15) is 0 Å². The molecule has 0 aliphatic carbocycles. The van der Waals surface area contributed by atoms with Gasteiger partial charge in [0.25, 0.3) is 0 Å². The van der Waals surface area contributed by atoms with Gasteiger partial charge in [-0.3, -0.25) is 4.98 Å². The fraction of sp³-hybridized carbons (Fsp3) is 0.235. The van der Waals surface area contributed by atoms with Crippen molar-refractivity contribution < 1.29 is 0 Å². The number of halogens is 1. The molecule has 1 aromatic heterocycles. The van der Waals surface area contributed by atoms with E-state index in [9.17, 15) is 0 Å². The minimum atomic E-state index is 0.00985. The fourth-order valence-electron chi connectivity index (χ4n) is 2.73. The Balaban J connectivity index is 2.09. The molecule has 0 bridgehead atoms. The fourth-order valence-corrected chi connectivity index (χ4v) is 3.10. The van der Waals surface area contributed by atoms with Crippen LogP contribution in [-0.4, -0.2) is 10.5 Å². The molecular weight excluding hydrogens is 312 g/mol. The monoisotopic (exact) mass is 328 g/mol. The van der Waals surface area contributed by atoms with Gasteiger partial charge < -0.3 is 5.32 Å². The Morgan fingerprint density at radius 2 is 1.90 bits per heavy atom. The summed E-state index contributed by atoms with van der Waals surface area (Å²) in [5.74, 6) is 0. The first kappa shape index (κ1) is 13.4. The van der Waals surface area contributed by atoms with E-state index in [2.05, 4.69) is 77.3 Å². The third-order valence-electron chi connectivity index (χ3n) is 3.52. The van der Waals surface area contributed by atoms with Gasteiger partial charge in [0.2, 0.25) is 0 Å². The minimum Gasteiger partial charge on any atom is -0.376 e. The normalized spacial score (nSPS) is 16.1. The van der Waals surface area contributed by atoms with E-state index in [0.717, 1.165) is 10.0 Å². The highest BCUT2D eigenvalue weighted by molar-refractivity contribution is 9.10. The van der Waals surface area contributed by atoms with E-state index < -0.39 is 0 Å². The lowest BCUT2D eigenvalue weighted by Gasteiger charge is -2.31. The van der Waals surface area contributed by atoms with Crippen LogP contribution in [0.1, 0.15) is 26.3 Å². The lowest BCUT2D eigenvalue weighted by atomic mass is 9.89. The first-order valence-corrected chi connectivity index (χ1v) is 7.47. The molecule has 3 heteroatoms. The zero-order chi connectivity index (χ0) is 14.3. The Morgan fingerprint density at radius 1 is 1.10 bits per heavy atom. The zero-order valence-corrected chi connectivity index (χ0v) is 13.5. The van der Waals surface area contributed by atoms with Crippen LogP contribution in [0.4, 0.5) is 5.69 Å². The highest BCUT2D eigenvalue weighted by atomic mass is 79.9. The van der Waals surface area contributed by atoms with Gasteiger partial charge in [-0.05, 0) is 66.0 Å². The highest BCUT2D eigenvalue weighted by Gasteiger charge is 2.22. The Kier molecular flexibility index (Phi) is 3.17. The molecule has 3 rings (SSSR count). The molecule has 0 amide bonds. The number of nitrogens with one attached hydrogen (secondary N) is 1. The first-order valence-electron chi connectivity index (χ1n) is 6.68. The number of anilines is 1. The number of aromatic nitrogens is 1. The number of rotatable bonds is 1. The van der Waals surface area contributed by atoms with E-state index >= 15 is 0 Å². The maximum Gasteiger partial charge on any atom is 0.0505 e. The second-order valence-corrected chi connectivity index (χ2v) is 6.74. The molecule has 1 N–H and O–H groups in total. The third kappa shape index (κ3) is 2.50. The smallest absolute Gasteiger partial charge is 0.0505 e. The topological polar surface area (TPSA) is 24.9 Å². The van der Waals surface area contributed by atoms with Gasteiger partial charge >= 0.3 is 0 Å². The average molecular weight is 329 g/mol. The number of allylic oxidation sites excluding steroid dienone is 1. The molecule has 0 spiro atoms. The van der Waals surface area contributed by atoms with Crippen LogP contribution in [0.3, 0.4) is 0 Å². The van der Waals surface area contributed by atoms with Crippen LogP contribution in [0.25, 0.3) is 16.7 Å². The maximum absolute atomic E-state index is 4.24. The number of nitrogens with zero attached hydrogens (tertiary/aromatic N) is 1. The van der Waals surface area contributed by atoms with Crippen LogP contribution in [-0.2, 0) is 0 Å². The lowest BCUT2D eigenvalue weighted by Crippen LogP contribution is -2.31. The number of hydrogen-bond acceptors (Lipinski definition) is 2. The van der Waals surface area contributed by atoms with Crippen molar-refractivity contribution in [2.75, 3.05) is 5.32 Å². The number of fused-ring (bicyclic) bond motifs is 1. The third-order valence-corrected chi connectivity index (χ3v) is 3.95. The van der Waals surface area contributed by atoms with Crippen LogP contribution < -0.4 is 5.32 Å². The molecule has 0 saturated heterocycles. The molecule has 102 valence electrons. The summed E-state index contributed by atoms with van der Waals surface area (Å²) in [6.45, 7) is 6.54. The number of hydrogen-bond donors (Lipinski definition) is 1. The van der Waals surface area contributed by atoms with Crippen molar-refractivity contribution in [2.45, 2.75) is 26.3 Å². The standard InChI is InChI=1S/C17H17BrN2/c1-11-8-17(2,3)20-16-5-4-12(7-15(11)16)13-6-14(18)10-19-9-13/h4-10,20H,1-3H3. The van der Waals surface area contributed by atoms with Gasteiger partial charge in [0, 0.05) is 33.7 Å². The van der Waals surface area contributed by atoms with Gasteiger partial charge in [-0.15, -0.1) is 0 Å². The van der Waals surface area contributed by atoms with Crippen LogP contribution in [0.5, 0.6) is 0 Å². The van der Waals surface area contributed by atoms with E-state index in [1.54, 1.807) is 6.20 Å². The predicted molar refractivity (Wildman–Crippen MR) is 88.7 cm³/mol. The molecule has 0 atom stereocenters. The summed E-state index contributed by atoms with van der Waals surface area (Å²) in [6.07, 6.45) is 5.97. The zero-order valence-electron chi connectivity index (χ0n) is 11.9. The second-order valence-electron chi connectivity index (χ2n) is 5.83. The number of benzene rings is 1. The largest absolute Gasteiger partial charge is 0.376 e. The summed E-state index contributed by atoms with van der Waals surface area (Å²) >= 11 is 3.47. The van der Waals surface area contributed by atoms with Crippen LogP contribution in [0.2, 0.25) is 0 Å². The summed E-state index contributed by atoms with van der Waals surface area (Å²) < 4.78 is 0.999. The minimum absolute atomic E-state index is 0.00985. The molecule has 0 fully saturated rings. The van der Waals surface area contributed by atoms with Crippen LogP contribution in [0.15, 0.2) is 47.2 Å². The highest BCUT2D eigenvalue weighted by Crippen LogP contribution is 2.36. The quantitative estimate of drug-likeness (QED) is 0.785. The Morgan fingerprint density at radius 3 is 2.65 bits per heavy atom. The van der Waals surface area contributed by atoms with E-state index in [0.29, 0.717) is 0 Å². The maximum atomic E-state index is 4.24. The molecule has 2 nitrogen and oxygen atoms in total. The molecule has 1 aliphatic rings. The van der Waals surface area contributed by atoms with Crippen molar-refractivity contribution in [3.8, 4) is 11.1 Å². The molecule has 1 aliphatic heterocycles. The summed E-state index contributed by atoms with van der Waals surface area (Å²) in [5.41, 5.74) is 6.10. The van der Waals surface area contributed by atoms with E-state index in [4.69, 9.17) is 0 Å². The van der Waals surface area contributed by atoms with E-state index in [-0.39, 0.29) is 5.54 Å². The first-order chi connectivity index (χ1) is 9.44. The number of pyridine rings is 1. The Labute approximate surface area is 128 Å². The lowest BCUT2D eigenvalue weighted by molar-refractivity contribution is 0.707. The Bertz CT molecular complexity index is 702. The van der Waals surface area contributed by atoms with Crippen molar-refractivity contribution in [3.63, 3.8) is 0 Å². The molecule has 1 aromatic carbocycles. The predicted octanol–water partition coefficient (Wildman–Crippen LogP) is 5.12. The summed E-state index contributed by atoms with van der Waals surface area (Å²) in [4.78, 5) is 4.24. The summed E-state index contributed by atoms with van der Waals surface area (Å²) in [5, 5.41) is 3.56. The van der Waals surface area contributed by atoms with Gasteiger partial charge in [0.15, 0.2) is 0 Å². The molecular formula is C17H17BrN2.